The minimum absolute atomic E-state index is 0.0397. The fourth-order valence-corrected chi connectivity index (χ4v) is 3.43. The van der Waals surface area contributed by atoms with Gasteiger partial charge in [0.25, 0.3) is 0 Å². The second kappa shape index (κ2) is 5.12. The first-order chi connectivity index (χ1) is 9.41. The SMILES string of the molecule is CC1(C)CC(Oc2ccc(S(N)(=O)=O)cc2Cl)C(C)(C)O1. The van der Waals surface area contributed by atoms with Crippen LogP contribution >= 0.6 is 11.6 Å². The highest BCUT2D eigenvalue weighted by molar-refractivity contribution is 7.89. The molecule has 0 radical (unpaired) electrons. The average molecular weight is 334 g/mol. The number of nitrogens with two attached hydrogens (primary N) is 1. The van der Waals surface area contributed by atoms with E-state index in [9.17, 15) is 8.42 Å². The summed E-state index contributed by atoms with van der Waals surface area (Å²) < 4.78 is 34.5. The van der Waals surface area contributed by atoms with Gasteiger partial charge in [-0.25, -0.2) is 13.6 Å². The molecule has 0 amide bonds. The monoisotopic (exact) mass is 333 g/mol. The maximum absolute atomic E-state index is 11.3. The standard InChI is InChI=1S/C14H20ClNO4S/c1-13(2)8-12(14(3,4)20-13)19-11-6-5-9(7-10(11)15)21(16,17)18/h5-7,12H,8H2,1-4H3,(H2,16,17,18). The predicted molar refractivity (Wildman–Crippen MR) is 81.1 cm³/mol. The maximum atomic E-state index is 11.3. The summed E-state index contributed by atoms with van der Waals surface area (Å²) in [5.74, 6) is 0.420. The highest BCUT2D eigenvalue weighted by Crippen LogP contribution is 2.40. The summed E-state index contributed by atoms with van der Waals surface area (Å²) >= 11 is 6.09. The highest BCUT2D eigenvalue weighted by Gasteiger charge is 2.47. The Balaban J connectivity index is 2.25. The van der Waals surface area contributed by atoms with Crippen LogP contribution in [-0.4, -0.2) is 25.7 Å². The van der Waals surface area contributed by atoms with Crippen LogP contribution in [0.4, 0.5) is 0 Å². The van der Waals surface area contributed by atoms with Crippen molar-refractivity contribution in [2.45, 2.75) is 56.3 Å². The van der Waals surface area contributed by atoms with E-state index in [1.54, 1.807) is 0 Å². The third-order valence-corrected chi connectivity index (χ3v) is 4.70. The summed E-state index contributed by atoms with van der Waals surface area (Å²) in [4.78, 5) is -0.0397. The van der Waals surface area contributed by atoms with Gasteiger partial charge in [-0.3, -0.25) is 0 Å². The second-order valence-corrected chi connectivity index (χ2v) is 8.38. The number of benzene rings is 1. The number of ether oxygens (including phenoxy) is 2. The molecule has 1 aliphatic rings. The highest BCUT2D eigenvalue weighted by atomic mass is 35.5. The van der Waals surface area contributed by atoms with Gasteiger partial charge in [0.1, 0.15) is 17.5 Å². The van der Waals surface area contributed by atoms with E-state index >= 15 is 0 Å². The van der Waals surface area contributed by atoms with Crippen LogP contribution in [0.5, 0.6) is 5.75 Å². The Hall–Kier alpha value is -0.820. The first-order valence-electron chi connectivity index (χ1n) is 6.60. The molecule has 1 aromatic rings. The van der Waals surface area contributed by atoms with Gasteiger partial charge in [-0.05, 0) is 45.9 Å². The molecule has 1 heterocycles. The lowest BCUT2D eigenvalue weighted by atomic mass is 9.97. The van der Waals surface area contributed by atoms with Crippen LogP contribution in [0.3, 0.4) is 0 Å². The van der Waals surface area contributed by atoms with Crippen LogP contribution < -0.4 is 9.88 Å². The van der Waals surface area contributed by atoms with Crippen LogP contribution in [0.2, 0.25) is 5.02 Å². The molecule has 1 atom stereocenters. The predicted octanol–water partition coefficient (Wildman–Crippen LogP) is 2.71. The molecule has 2 N–H and O–H groups in total. The summed E-state index contributed by atoms with van der Waals surface area (Å²) in [5.41, 5.74) is -0.730. The van der Waals surface area contributed by atoms with Crippen LogP contribution in [0, 0.1) is 0 Å². The fourth-order valence-electron chi connectivity index (χ4n) is 2.60. The van der Waals surface area contributed by atoms with E-state index in [1.807, 2.05) is 27.7 Å². The van der Waals surface area contributed by atoms with E-state index in [0.717, 1.165) is 0 Å². The number of halogens is 1. The van der Waals surface area contributed by atoms with Crippen LogP contribution in [-0.2, 0) is 14.8 Å². The summed E-state index contributed by atoms with van der Waals surface area (Å²) in [6.07, 6.45) is 0.540. The molecular weight excluding hydrogens is 314 g/mol. The Bertz CT molecular complexity index is 655. The molecule has 0 spiro atoms. The van der Waals surface area contributed by atoms with E-state index in [1.165, 1.54) is 18.2 Å². The van der Waals surface area contributed by atoms with Crippen molar-refractivity contribution in [1.29, 1.82) is 0 Å². The van der Waals surface area contributed by atoms with Gasteiger partial charge in [0.2, 0.25) is 10.0 Å². The van der Waals surface area contributed by atoms with E-state index in [-0.39, 0.29) is 21.6 Å². The smallest absolute Gasteiger partial charge is 0.238 e. The zero-order valence-electron chi connectivity index (χ0n) is 12.5. The summed E-state index contributed by atoms with van der Waals surface area (Å²) in [5, 5.41) is 5.28. The lowest BCUT2D eigenvalue weighted by molar-refractivity contribution is -0.0845. The van der Waals surface area contributed by atoms with Gasteiger partial charge in [-0.15, -0.1) is 0 Å². The van der Waals surface area contributed by atoms with Crippen LogP contribution in [0.25, 0.3) is 0 Å². The zero-order valence-corrected chi connectivity index (χ0v) is 14.1. The Morgan fingerprint density at radius 3 is 2.38 bits per heavy atom. The average Bonchev–Trinajstić information content (AvgIpc) is 2.48. The minimum atomic E-state index is -3.78. The van der Waals surface area contributed by atoms with Crippen LogP contribution in [0.15, 0.2) is 23.1 Å². The van der Waals surface area contributed by atoms with Crippen molar-refractivity contribution in [3.63, 3.8) is 0 Å². The normalized spacial score (nSPS) is 24.0. The number of rotatable bonds is 3. The van der Waals surface area contributed by atoms with Gasteiger partial charge in [-0.1, -0.05) is 11.6 Å². The van der Waals surface area contributed by atoms with Crippen molar-refractivity contribution < 1.29 is 17.9 Å². The topological polar surface area (TPSA) is 78.6 Å². The lowest BCUT2D eigenvalue weighted by Crippen LogP contribution is -2.36. The molecule has 2 rings (SSSR count). The van der Waals surface area contributed by atoms with Crippen molar-refractivity contribution >= 4 is 21.6 Å². The van der Waals surface area contributed by atoms with E-state index in [2.05, 4.69) is 0 Å². The van der Waals surface area contributed by atoms with E-state index < -0.39 is 15.6 Å². The number of hydrogen-bond acceptors (Lipinski definition) is 4. The molecular formula is C14H20ClNO4S. The molecule has 7 heteroatoms. The first-order valence-corrected chi connectivity index (χ1v) is 8.52. The summed E-state index contributed by atoms with van der Waals surface area (Å²) in [7, 11) is -3.78. The van der Waals surface area contributed by atoms with Gasteiger partial charge in [-0.2, -0.15) is 0 Å². The van der Waals surface area contributed by atoms with Gasteiger partial charge < -0.3 is 9.47 Å². The van der Waals surface area contributed by atoms with Gasteiger partial charge in [0.05, 0.1) is 15.5 Å². The molecule has 1 aliphatic heterocycles. The largest absolute Gasteiger partial charge is 0.486 e. The van der Waals surface area contributed by atoms with Crippen molar-refractivity contribution in [3.8, 4) is 5.75 Å². The van der Waals surface area contributed by atoms with Crippen molar-refractivity contribution in [2.24, 2.45) is 5.14 Å². The summed E-state index contributed by atoms with van der Waals surface area (Å²) in [6.45, 7) is 7.92. The first kappa shape index (κ1) is 16.5. The molecule has 1 unspecified atom stereocenters. The van der Waals surface area contributed by atoms with Gasteiger partial charge in [0.15, 0.2) is 0 Å². The van der Waals surface area contributed by atoms with Gasteiger partial charge in [0, 0.05) is 6.42 Å². The molecule has 118 valence electrons. The third kappa shape index (κ3) is 3.69. The Kier molecular flexibility index (Phi) is 4.04. The Morgan fingerprint density at radius 2 is 1.95 bits per heavy atom. The quantitative estimate of drug-likeness (QED) is 0.922. The van der Waals surface area contributed by atoms with E-state index in [0.29, 0.717) is 12.2 Å². The minimum Gasteiger partial charge on any atom is -0.486 e. The Labute approximate surface area is 130 Å². The molecule has 0 bridgehead atoms. The van der Waals surface area contributed by atoms with E-state index in [4.69, 9.17) is 26.2 Å². The lowest BCUT2D eigenvalue weighted by Gasteiger charge is -2.27. The molecule has 5 nitrogen and oxygen atoms in total. The molecule has 1 aromatic carbocycles. The number of sulfonamides is 1. The molecule has 1 fully saturated rings. The van der Waals surface area contributed by atoms with Crippen molar-refractivity contribution in [1.82, 2.24) is 0 Å². The molecule has 1 saturated heterocycles. The molecule has 0 saturated carbocycles. The second-order valence-electron chi connectivity index (χ2n) is 6.41. The third-order valence-electron chi connectivity index (χ3n) is 3.49. The number of primary sulfonamides is 1. The van der Waals surface area contributed by atoms with Crippen LogP contribution in [0.1, 0.15) is 34.1 Å². The molecule has 21 heavy (non-hydrogen) atoms. The van der Waals surface area contributed by atoms with Gasteiger partial charge >= 0.3 is 0 Å². The Morgan fingerprint density at radius 1 is 1.33 bits per heavy atom. The van der Waals surface area contributed by atoms with Crippen molar-refractivity contribution in [3.05, 3.63) is 23.2 Å². The number of hydrogen-bond donors (Lipinski definition) is 1. The molecule has 0 aliphatic carbocycles. The molecule has 0 aromatic heterocycles. The zero-order chi connectivity index (χ0) is 16.1. The summed E-state index contributed by atoms with van der Waals surface area (Å²) in [6, 6.07) is 4.19. The fraction of sp³-hybridized carbons (Fsp3) is 0.571. The van der Waals surface area contributed by atoms with Crippen molar-refractivity contribution in [2.75, 3.05) is 0 Å². The maximum Gasteiger partial charge on any atom is 0.238 e.